The molecule has 0 aliphatic carbocycles. The first-order valence-corrected chi connectivity index (χ1v) is 6.58. The van der Waals surface area contributed by atoms with Crippen molar-refractivity contribution in [1.82, 2.24) is 9.55 Å². The number of aromatic nitrogens is 2. The minimum Gasteiger partial charge on any atom is -0.497 e. The summed E-state index contributed by atoms with van der Waals surface area (Å²) in [6.07, 6.45) is 0. The number of nitrogen functional groups attached to an aromatic ring is 1. The van der Waals surface area contributed by atoms with Gasteiger partial charge in [0.25, 0.3) is 5.56 Å². The Bertz CT molecular complexity index is 710. The van der Waals surface area contributed by atoms with Crippen molar-refractivity contribution in [3.8, 4) is 17.1 Å². The van der Waals surface area contributed by atoms with E-state index >= 15 is 0 Å². The summed E-state index contributed by atoms with van der Waals surface area (Å²) >= 11 is 6.25. The lowest BCUT2D eigenvalue weighted by Crippen LogP contribution is -2.26. The summed E-state index contributed by atoms with van der Waals surface area (Å²) in [5.41, 5.74) is 6.84. The van der Waals surface area contributed by atoms with E-state index in [4.69, 9.17) is 22.1 Å². The molecule has 20 heavy (non-hydrogen) atoms. The van der Waals surface area contributed by atoms with Crippen molar-refractivity contribution in [3.05, 3.63) is 39.3 Å². The van der Waals surface area contributed by atoms with Gasteiger partial charge in [0, 0.05) is 12.1 Å². The standard InChI is InChI=1S/C14H16ClN3O2/c1-4-18-13(17-8(2)12(16)14(18)19)10-6-5-9(20-3)7-11(10)15/h5-7H,4,16H2,1-3H3. The van der Waals surface area contributed by atoms with Crippen LogP contribution in [0.1, 0.15) is 12.6 Å². The molecule has 0 saturated carbocycles. The average Bonchev–Trinajstić information content (AvgIpc) is 2.44. The number of rotatable bonds is 3. The predicted molar refractivity (Wildman–Crippen MR) is 80.3 cm³/mol. The van der Waals surface area contributed by atoms with Crippen molar-refractivity contribution >= 4 is 17.3 Å². The molecule has 1 aromatic carbocycles. The largest absolute Gasteiger partial charge is 0.497 e. The summed E-state index contributed by atoms with van der Waals surface area (Å²) in [7, 11) is 1.57. The minimum atomic E-state index is -0.248. The molecule has 2 rings (SSSR count). The van der Waals surface area contributed by atoms with Crippen LogP contribution < -0.4 is 16.0 Å². The molecule has 0 fully saturated rings. The lowest BCUT2D eigenvalue weighted by atomic mass is 10.2. The van der Waals surface area contributed by atoms with Crippen LogP contribution in [0.25, 0.3) is 11.4 Å². The molecule has 0 amide bonds. The van der Waals surface area contributed by atoms with Crippen molar-refractivity contribution in [2.75, 3.05) is 12.8 Å². The van der Waals surface area contributed by atoms with E-state index in [1.807, 2.05) is 6.92 Å². The second kappa shape index (κ2) is 5.54. The zero-order chi connectivity index (χ0) is 14.9. The molecular weight excluding hydrogens is 278 g/mol. The molecule has 0 bridgehead atoms. The maximum Gasteiger partial charge on any atom is 0.277 e. The Hall–Kier alpha value is -2.01. The Morgan fingerprint density at radius 3 is 2.70 bits per heavy atom. The third kappa shape index (κ3) is 2.36. The number of anilines is 1. The number of nitrogens with zero attached hydrogens (tertiary/aromatic N) is 2. The smallest absolute Gasteiger partial charge is 0.277 e. The number of hydrogen-bond acceptors (Lipinski definition) is 4. The molecule has 1 heterocycles. The average molecular weight is 294 g/mol. The highest BCUT2D eigenvalue weighted by Gasteiger charge is 2.15. The van der Waals surface area contributed by atoms with E-state index in [-0.39, 0.29) is 11.2 Å². The Morgan fingerprint density at radius 1 is 1.45 bits per heavy atom. The highest BCUT2D eigenvalue weighted by Crippen LogP contribution is 2.30. The molecule has 0 saturated heterocycles. The summed E-state index contributed by atoms with van der Waals surface area (Å²) in [6.45, 7) is 4.03. The number of ether oxygens (including phenoxy) is 1. The summed E-state index contributed by atoms with van der Waals surface area (Å²) in [4.78, 5) is 16.6. The quantitative estimate of drug-likeness (QED) is 0.944. The molecule has 0 atom stereocenters. The van der Waals surface area contributed by atoms with Gasteiger partial charge in [-0.2, -0.15) is 0 Å². The SMILES string of the molecule is CCn1c(-c2ccc(OC)cc2Cl)nc(C)c(N)c1=O. The van der Waals surface area contributed by atoms with Crippen molar-refractivity contribution in [1.29, 1.82) is 0 Å². The molecule has 0 radical (unpaired) electrons. The summed E-state index contributed by atoms with van der Waals surface area (Å²) < 4.78 is 6.63. The molecule has 106 valence electrons. The van der Waals surface area contributed by atoms with E-state index in [0.717, 1.165) is 0 Å². The molecule has 6 heteroatoms. The van der Waals surface area contributed by atoms with Crippen LogP contribution in [-0.4, -0.2) is 16.7 Å². The van der Waals surface area contributed by atoms with E-state index in [1.165, 1.54) is 4.57 Å². The van der Waals surface area contributed by atoms with Crippen molar-refractivity contribution in [3.63, 3.8) is 0 Å². The molecule has 2 N–H and O–H groups in total. The molecule has 5 nitrogen and oxygen atoms in total. The van der Waals surface area contributed by atoms with Gasteiger partial charge in [-0.25, -0.2) is 4.98 Å². The third-order valence-corrected chi connectivity index (χ3v) is 3.44. The first-order valence-electron chi connectivity index (χ1n) is 6.20. The molecule has 0 unspecified atom stereocenters. The van der Waals surface area contributed by atoms with E-state index < -0.39 is 0 Å². The summed E-state index contributed by atoms with van der Waals surface area (Å²) in [5.74, 6) is 1.16. The highest BCUT2D eigenvalue weighted by molar-refractivity contribution is 6.33. The number of benzene rings is 1. The zero-order valence-corrected chi connectivity index (χ0v) is 12.4. The van der Waals surface area contributed by atoms with Crippen LogP contribution in [0, 0.1) is 6.92 Å². The van der Waals surface area contributed by atoms with Crippen molar-refractivity contribution in [2.24, 2.45) is 0 Å². The van der Waals surface area contributed by atoms with Gasteiger partial charge < -0.3 is 10.5 Å². The maximum absolute atomic E-state index is 12.2. The van der Waals surface area contributed by atoms with E-state index in [0.29, 0.717) is 34.4 Å². The number of methoxy groups -OCH3 is 1. The van der Waals surface area contributed by atoms with Gasteiger partial charge in [-0.1, -0.05) is 11.6 Å². The molecule has 0 aliphatic rings. The highest BCUT2D eigenvalue weighted by atomic mass is 35.5. The number of halogens is 1. The predicted octanol–water partition coefficient (Wildman–Crippen LogP) is 2.48. The Labute approximate surface area is 122 Å². The van der Waals surface area contributed by atoms with Gasteiger partial charge in [0.2, 0.25) is 0 Å². The van der Waals surface area contributed by atoms with Gasteiger partial charge in [-0.3, -0.25) is 9.36 Å². The first kappa shape index (κ1) is 14.4. The normalized spacial score (nSPS) is 10.6. The Morgan fingerprint density at radius 2 is 2.15 bits per heavy atom. The van der Waals surface area contributed by atoms with Gasteiger partial charge in [0.05, 0.1) is 17.8 Å². The number of hydrogen-bond donors (Lipinski definition) is 1. The van der Waals surface area contributed by atoms with E-state index in [9.17, 15) is 4.79 Å². The van der Waals surface area contributed by atoms with Crippen LogP contribution in [0.5, 0.6) is 5.75 Å². The summed E-state index contributed by atoms with van der Waals surface area (Å²) in [6, 6.07) is 5.25. The maximum atomic E-state index is 12.2. The molecular formula is C14H16ClN3O2. The van der Waals surface area contributed by atoms with Crippen LogP contribution in [0.3, 0.4) is 0 Å². The first-order chi connectivity index (χ1) is 9.49. The monoisotopic (exact) mass is 293 g/mol. The van der Waals surface area contributed by atoms with E-state index in [1.54, 1.807) is 32.2 Å². The Kier molecular flexibility index (Phi) is 3.99. The lowest BCUT2D eigenvalue weighted by Gasteiger charge is -2.14. The fraction of sp³-hybridized carbons (Fsp3) is 0.286. The fourth-order valence-corrected chi connectivity index (χ4v) is 2.23. The van der Waals surface area contributed by atoms with Crippen molar-refractivity contribution < 1.29 is 4.74 Å². The van der Waals surface area contributed by atoms with Crippen LogP contribution in [0.2, 0.25) is 5.02 Å². The Balaban J connectivity index is 2.73. The van der Waals surface area contributed by atoms with Crippen LogP contribution in [0.15, 0.2) is 23.0 Å². The van der Waals surface area contributed by atoms with Crippen LogP contribution in [0.4, 0.5) is 5.69 Å². The molecule has 0 aliphatic heterocycles. The fourth-order valence-electron chi connectivity index (χ4n) is 1.98. The third-order valence-electron chi connectivity index (χ3n) is 3.13. The van der Waals surface area contributed by atoms with Gasteiger partial charge in [0.15, 0.2) is 0 Å². The lowest BCUT2D eigenvalue weighted by molar-refractivity contribution is 0.415. The van der Waals surface area contributed by atoms with Crippen molar-refractivity contribution in [2.45, 2.75) is 20.4 Å². The second-order valence-electron chi connectivity index (χ2n) is 4.33. The zero-order valence-electron chi connectivity index (χ0n) is 11.6. The van der Waals surface area contributed by atoms with Gasteiger partial charge in [-0.15, -0.1) is 0 Å². The van der Waals surface area contributed by atoms with Gasteiger partial charge in [-0.05, 0) is 32.0 Å². The topological polar surface area (TPSA) is 70.1 Å². The second-order valence-corrected chi connectivity index (χ2v) is 4.74. The number of aryl methyl sites for hydroxylation is 1. The minimum absolute atomic E-state index is 0.167. The molecule has 0 spiro atoms. The van der Waals surface area contributed by atoms with E-state index in [2.05, 4.69) is 4.98 Å². The van der Waals surface area contributed by atoms with Crippen LogP contribution >= 0.6 is 11.6 Å². The molecule has 2 aromatic rings. The summed E-state index contributed by atoms with van der Waals surface area (Å²) in [5, 5.41) is 0.475. The molecule has 1 aromatic heterocycles. The van der Waals surface area contributed by atoms with Crippen LogP contribution in [-0.2, 0) is 6.54 Å². The number of nitrogens with two attached hydrogens (primary N) is 1. The van der Waals surface area contributed by atoms with Gasteiger partial charge in [0.1, 0.15) is 17.3 Å². The van der Waals surface area contributed by atoms with Gasteiger partial charge >= 0.3 is 0 Å².